The number of carbonyl (C=O) groups is 2. The van der Waals surface area contributed by atoms with E-state index in [0.717, 1.165) is 12.8 Å². The van der Waals surface area contributed by atoms with E-state index in [1.807, 2.05) is 24.0 Å². The quantitative estimate of drug-likeness (QED) is 0.803. The molecule has 0 radical (unpaired) electrons. The van der Waals surface area contributed by atoms with Gasteiger partial charge in [0.1, 0.15) is 0 Å². The number of aryl methyl sites for hydroxylation is 1. The Bertz CT molecular complexity index is 799. The van der Waals surface area contributed by atoms with Crippen LogP contribution in [-0.4, -0.2) is 41.2 Å². The molecule has 3 rings (SSSR count). The summed E-state index contributed by atoms with van der Waals surface area (Å²) in [5.74, 6) is -0.0142. The number of carbonyl (C=O) groups excluding carboxylic acids is 2. The summed E-state index contributed by atoms with van der Waals surface area (Å²) in [6.07, 6.45) is 1.73. The van der Waals surface area contributed by atoms with Crippen molar-refractivity contribution in [3.05, 3.63) is 57.3 Å². The van der Waals surface area contributed by atoms with Crippen LogP contribution in [0.1, 0.15) is 47.9 Å². The zero-order valence-electron chi connectivity index (χ0n) is 15.7. The van der Waals surface area contributed by atoms with Crippen molar-refractivity contribution in [1.29, 1.82) is 0 Å². The minimum absolute atomic E-state index is 0.0266. The van der Waals surface area contributed by atoms with Crippen LogP contribution in [-0.2, 0) is 16.0 Å². The summed E-state index contributed by atoms with van der Waals surface area (Å²) in [5.41, 5.74) is 3.59. The molecule has 0 fully saturated rings. The summed E-state index contributed by atoms with van der Waals surface area (Å²) in [6, 6.07) is 10.4. The predicted molar refractivity (Wildman–Crippen MR) is 105 cm³/mol. The predicted octanol–water partition coefficient (Wildman–Crippen LogP) is 3.79. The molecule has 2 aromatic rings. The molecule has 0 bridgehead atoms. The molecule has 4 nitrogen and oxygen atoms in total. The number of thiophene rings is 1. The Labute approximate surface area is 159 Å². The van der Waals surface area contributed by atoms with Crippen molar-refractivity contribution in [2.75, 3.05) is 19.6 Å². The number of hydrogen-bond donors (Lipinski definition) is 0. The number of rotatable bonds is 5. The third-order valence-corrected chi connectivity index (χ3v) is 6.03. The minimum Gasteiger partial charge on any atom is -0.334 e. The molecule has 0 saturated heterocycles. The van der Waals surface area contributed by atoms with E-state index < -0.39 is 0 Å². The summed E-state index contributed by atoms with van der Waals surface area (Å²) in [7, 11) is 0. The number of fused-ring (bicyclic) bond motifs is 1. The Balaban J connectivity index is 1.94. The van der Waals surface area contributed by atoms with Crippen LogP contribution in [0, 0.1) is 6.92 Å². The van der Waals surface area contributed by atoms with Gasteiger partial charge in [-0.2, -0.15) is 0 Å². The molecule has 1 atom stereocenters. The maximum absolute atomic E-state index is 13.1. The van der Waals surface area contributed by atoms with Gasteiger partial charge in [0.2, 0.25) is 11.8 Å². The molecule has 1 unspecified atom stereocenters. The summed E-state index contributed by atoms with van der Waals surface area (Å²) < 4.78 is 0. The third kappa shape index (κ3) is 3.68. The lowest BCUT2D eigenvalue weighted by atomic mass is 9.90. The number of hydrogen-bond acceptors (Lipinski definition) is 3. The van der Waals surface area contributed by atoms with Gasteiger partial charge in [-0.15, -0.1) is 11.3 Å². The highest BCUT2D eigenvalue weighted by molar-refractivity contribution is 7.10. The van der Waals surface area contributed by atoms with Crippen LogP contribution in [0.4, 0.5) is 0 Å². The first-order valence-corrected chi connectivity index (χ1v) is 10.1. The largest absolute Gasteiger partial charge is 0.334 e. The first-order valence-electron chi connectivity index (χ1n) is 9.19. The summed E-state index contributed by atoms with van der Waals surface area (Å²) in [5, 5.41) is 2.11. The normalized spacial score (nSPS) is 16.3. The van der Waals surface area contributed by atoms with Gasteiger partial charge in [0, 0.05) is 24.9 Å². The fraction of sp³-hybridized carbons (Fsp3) is 0.429. The van der Waals surface area contributed by atoms with Gasteiger partial charge in [0.05, 0.1) is 12.6 Å². The van der Waals surface area contributed by atoms with Crippen molar-refractivity contribution in [1.82, 2.24) is 9.80 Å². The lowest BCUT2D eigenvalue weighted by molar-refractivity contribution is -0.140. The Morgan fingerprint density at radius 1 is 1.23 bits per heavy atom. The van der Waals surface area contributed by atoms with Gasteiger partial charge in [-0.3, -0.25) is 9.59 Å². The average molecular weight is 371 g/mol. The van der Waals surface area contributed by atoms with Crippen molar-refractivity contribution in [3.63, 3.8) is 0 Å². The molecular weight excluding hydrogens is 344 g/mol. The van der Waals surface area contributed by atoms with Gasteiger partial charge in [-0.1, -0.05) is 31.2 Å². The highest BCUT2D eigenvalue weighted by Gasteiger charge is 2.34. The third-order valence-electron chi connectivity index (χ3n) is 5.03. The van der Waals surface area contributed by atoms with Gasteiger partial charge in [0.25, 0.3) is 0 Å². The van der Waals surface area contributed by atoms with Crippen LogP contribution in [0.3, 0.4) is 0 Å². The molecule has 1 aliphatic rings. The Kier molecular flexibility index (Phi) is 5.77. The number of nitrogens with zero attached hydrogens (tertiary/aromatic N) is 2. The van der Waals surface area contributed by atoms with Crippen LogP contribution in [0.5, 0.6) is 0 Å². The van der Waals surface area contributed by atoms with Crippen molar-refractivity contribution in [3.8, 4) is 0 Å². The lowest BCUT2D eigenvalue weighted by Crippen LogP contribution is -2.46. The van der Waals surface area contributed by atoms with Gasteiger partial charge in [-0.05, 0) is 47.9 Å². The lowest BCUT2D eigenvalue weighted by Gasteiger charge is -2.38. The molecular formula is C21H26N2O2S. The molecule has 2 heterocycles. The van der Waals surface area contributed by atoms with E-state index in [1.165, 1.54) is 28.5 Å². The van der Waals surface area contributed by atoms with E-state index in [9.17, 15) is 9.59 Å². The number of benzene rings is 1. The smallest absolute Gasteiger partial charge is 0.242 e. The molecule has 0 N–H and O–H groups in total. The molecule has 0 saturated carbocycles. The fourth-order valence-corrected chi connectivity index (χ4v) is 4.59. The fourth-order valence-electron chi connectivity index (χ4n) is 3.69. The summed E-state index contributed by atoms with van der Waals surface area (Å²) in [4.78, 5) is 30.0. The maximum atomic E-state index is 13.1. The summed E-state index contributed by atoms with van der Waals surface area (Å²) in [6.45, 7) is 7.13. The van der Waals surface area contributed by atoms with E-state index in [4.69, 9.17) is 0 Å². The standard InChI is InChI=1S/C21H26N2O2S/c1-4-11-22(16(3)24)14-20(25)23-12-9-19-18(10-13-26-19)21(23)17-8-6-5-7-15(17)2/h5-8,10,13,21H,4,9,11-12,14H2,1-3H3. The number of amides is 2. The monoisotopic (exact) mass is 370 g/mol. The zero-order valence-corrected chi connectivity index (χ0v) is 16.5. The van der Waals surface area contributed by atoms with Crippen LogP contribution in [0.25, 0.3) is 0 Å². The molecule has 26 heavy (non-hydrogen) atoms. The Hall–Kier alpha value is -2.14. The average Bonchev–Trinajstić information content (AvgIpc) is 3.09. The molecule has 1 aliphatic heterocycles. The Morgan fingerprint density at radius 3 is 2.69 bits per heavy atom. The van der Waals surface area contributed by atoms with E-state index in [1.54, 1.807) is 16.2 Å². The molecule has 0 aliphatic carbocycles. The van der Waals surface area contributed by atoms with E-state index in [0.29, 0.717) is 13.1 Å². The Morgan fingerprint density at radius 2 is 2.00 bits per heavy atom. The van der Waals surface area contributed by atoms with Gasteiger partial charge in [0.15, 0.2) is 0 Å². The van der Waals surface area contributed by atoms with Crippen molar-refractivity contribution < 1.29 is 9.59 Å². The van der Waals surface area contributed by atoms with Crippen LogP contribution in [0.2, 0.25) is 0 Å². The molecule has 2 amide bonds. The molecule has 138 valence electrons. The van der Waals surface area contributed by atoms with E-state index >= 15 is 0 Å². The van der Waals surface area contributed by atoms with Crippen LogP contribution in [0.15, 0.2) is 35.7 Å². The van der Waals surface area contributed by atoms with Crippen molar-refractivity contribution in [2.24, 2.45) is 0 Å². The molecule has 5 heteroatoms. The zero-order chi connectivity index (χ0) is 18.7. The van der Waals surface area contributed by atoms with Gasteiger partial charge >= 0.3 is 0 Å². The maximum Gasteiger partial charge on any atom is 0.242 e. The molecule has 1 aromatic heterocycles. The molecule has 1 aromatic carbocycles. The topological polar surface area (TPSA) is 40.6 Å². The van der Waals surface area contributed by atoms with E-state index in [-0.39, 0.29) is 24.4 Å². The van der Waals surface area contributed by atoms with Gasteiger partial charge < -0.3 is 9.80 Å². The van der Waals surface area contributed by atoms with Crippen molar-refractivity contribution in [2.45, 2.75) is 39.7 Å². The minimum atomic E-state index is -0.0610. The van der Waals surface area contributed by atoms with Crippen LogP contribution >= 0.6 is 11.3 Å². The van der Waals surface area contributed by atoms with Crippen molar-refractivity contribution >= 4 is 23.2 Å². The van der Waals surface area contributed by atoms with Gasteiger partial charge in [-0.25, -0.2) is 0 Å². The summed E-state index contributed by atoms with van der Waals surface area (Å²) >= 11 is 1.77. The second-order valence-corrected chi connectivity index (χ2v) is 7.84. The first kappa shape index (κ1) is 18.6. The second-order valence-electron chi connectivity index (χ2n) is 6.84. The highest BCUT2D eigenvalue weighted by Crippen LogP contribution is 2.38. The SMILES string of the molecule is CCCN(CC(=O)N1CCc2sccc2C1c1ccccc1C)C(C)=O. The second kappa shape index (κ2) is 8.04. The molecule has 0 spiro atoms. The first-order chi connectivity index (χ1) is 12.5. The highest BCUT2D eigenvalue weighted by atomic mass is 32.1. The van der Waals surface area contributed by atoms with E-state index in [2.05, 4.69) is 30.5 Å². The van der Waals surface area contributed by atoms with Crippen LogP contribution < -0.4 is 0 Å².